The molecule has 5 nitrogen and oxygen atoms in total. The molecule has 36 heavy (non-hydrogen) atoms. The van der Waals surface area contributed by atoms with Gasteiger partial charge in [0.15, 0.2) is 6.61 Å². The molecule has 7 heteroatoms. The number of carbonyl (C=O) groups excluding carboxylic acids is 2. The quantitative estimate of drug-likeness (QED) is 0.322. The highest BCUT2D eigenvalue weighted by Crippen LogP contribution is 2.29. The standard InChI is InChI=1S/C29H32BrFN2O3/c1-4-32-29(35)26(16-21-10-6-5-7-11-21)33(18-23-12-8-9-13-25(23)31)28(34)19-36-27-15-14-22(20(2)3)17-24(27)30/h5-15,17,20,26H,4,16,18-19H2,1-3H3,(H,32,35). The fourth-order valence-corrected chi connectivity index (χ4v) is 4.38. The van der Waals surface area contributed by atoms with Crippen LogP contribution in [0, 0.1) is 5.82 Å². The van der Waals surface area contributed by atoms with Gasteiger partial charge in [0.1, 0.15) is 17.6 Å². The van der Waals surface area contributed by atoms with Crippen LogP contribution in [0.15, 0.2) is 77.3 Å². The highest BCUT2D eigenvalue weighted by molar-refractivity contribution is 9.10. The van der Waals surface area contributed by atoms with E-state index in [0.717, 1.165) is 15.6 Å². The van der Waals surface area contributed by atoms with Gasteiger partial charge in [-0.25, -0.2) is 4.39 Å². The van der Waals surface area contributed by atoms with Crippen LogP contribution in [0.2, 0.25) is 0 Å². The lowest BCUT2D eigenvalue weighted by Crippen LogP contribution is -2.51. The number of hydrogen-bond donors (Lipinski definition) is 1. The molecule has 0 spiro atoms. The van der Waals surface area contributed by atoms with Gasteiger partial charge in [-0.3, -0.25) is 9.59 Å². The molecule has 1 atom stereocenters. The Morgan fingerprint density at radius 2 is 1.72 bits per heavy atom. The number of ether oxygens (including phenoxy) is 1. The van der Waals surface area contributed by atoms with E-state index in [9.17, 15) is 14.0 Å². The van der Waals surface area contributed by atoms with Crippen molar-refractivity contribution in [3.8, 4) is 5.75 Å². The molecule has 0 bridgehead atoms. The van der Waals surface area contributed by atoms with Gasteiger partial charge in [0, 0.05) is 25.1 Å². The van der Waals surface area contributed by atoms with Crippen molar-refractivity contribution < 1.29 is 18.7 Å². The largest absolute Gasteiger partial charge is 0.483 e. The average molecular weight is 555 g/mol. The van der Waals surface area contributed by atoms with Crippen molar-refractivity contribution in [2.24, 2.45) is 0 Å². The first-order valence-electron chi connectivity index (χ1n) is 12.1. The summed E-state index contributed by atoms with van der Waals surface area (Å²) in [5, 5.41) is 2.83. The predicted molar refractivity (Wildman–Crippen MR) is 143 cm³/mol. The minimum absolute atomic E-state index is 0.0586. The average Bonchev–Trinajstić information content (AvgIpc) is 2.87. The fourth-order valence-electron chi connectivity index (χ4n) is 3.87. The Bertz CT molecular complexity index is 1170. The maximum atomic E-state index is 14.6. The molecule has 0 fully saturated rings. The van der Waals surface area contributed by atoms with Crippen LogP contribution in [-0.2, 0) is 22.6 Å². The van der Waals surface area contributed by atoms with E-state index in [1.54, 1.807) is 18.2 Å². The zero-order valence-electron chi connectivity index (χ0n) is 20.8. The third-order valence-electron chi connectivity index (χ3n) is 5.89. The molecule has 0 radical (unpaired) electrons. The third-order valence-corrected chi connectivity index (χ3v) is 6.51. The molecule has 0 aromatic heterocycles. The van der Waals surface area contributed by atoms with Crippen molar-refractivity contribution in [3.63, 3.8) is 0 Å². The minimum atomic E-state index is -0.838. The molecule has 0 aliphatic rings. The zero-order chi connectivity index (χ0) is 26.1. The number of likely N-dealkylation sites (N-methyl/N-ethyl adjacent to an activating group) is 1. The normalized spacial score (nSPS) is 11.7. The van der Waals surface area contributed by atoms with Crippen molar-refractivity contribution in [1.29, 1.82) is 0 Å². The van der Waals surface area contributed by atoms with Gasteiger partial charge >= 0.3 is 0 Å². The number of halogens is 2. The molecule has 2 amide bonds. The van der Waals surface area contributed by atoms with Gasteiger partial charge in [0.25, 0.3) is 5.91 Å². The first kappa shape index (κ1) is 27.4. The van der Waals surface area contributed by atoms with Gasteiger partial charge in [-0.05, 0) is 58.1 Å². The highest BCUT2D eigenvalue weighted by Gasteiger charge is 2.31. The molecule has 3 rings (SSSR count). The number of rotatable bonds is 11. The highest BCUT2D eigenvalue weighted by atomic mass is 79.9. The summed E-state index contributed by atoms with van der Waals surface area (Å²) in [5.74, 6) is -0.267. The van der Waals surface area contributed by atoms with Gasteiger partial charge in [0.2, 0.25) is 5.91 Å². The summed E-state index contributed by atoms with van der Waals surface area (Å²) in [6, 6.07) is 20.6. The summed E-state index contributed by atoms with van der Waals surface area (Å²) in [7, 11) is 0. The molecule has 0 aliphatic carbocycles. The molecule has 190 valence electrons. The number of nitrogens with one attached hydrogen (secondary N) is 1. The lowest BCUT2D eigenvalue weighted by Gasteiger charge is -2.31. The van der Waals surface area contributed by atoms with Gasteiger partial charge in [-0.2, -0.15) is 0 Å². The fraction of sp³-hybridized carbons (Fsp3) is 0.310. The molecule has 3 aromatic rings. The summed E-state index contributed by atoms with van der Waals surface area (Å²) < 4.78 is 21.2. The summed E-state index contributed by atoms with van der Waals surface area (Å²) in [6.07, 6.45) is 0.291. The summed E-state index contributed by atoms with van der Waals surface area (Å²) in [6.45, 7) is 6.08. The van der Waals surface area contributed by atoms with E-state index in [2.05, 4.69) is 35.1 Å². The first-order chi connectivity index (χ1) is 17.3. The molecule has 1 N–H and O–H groups in total. The van der Waals surface area contributed by atoms with E-state index in [1.807, 2.05) is 55.5 Å². The van der Waals surface area contributed by atoms with E-state index < -0.39 is 17.8 Å². The second-order valence-electron chi connectivity index (χ2n) is 8.85. The maximum Gasteiger partial charge on any atom is 0.261 e. The van der Waals surface area contributed by atoms with E-state index >= 15 is 0 Å². The minimum Gasteiger partial charge on any atom is -0.483 e. The Morgan fingerprint density at radius 1 is 1.03 bits per heavy atom. The lowest BCUT2D eigenvalue weighted by atomic mass is 10.0. The summed E-state index contributed by atoms with van der Waals surface area (Å²) >= 11 is 3.52. The topological polar surface area (TPSA) is 58.6 Å². The monoisotopic (exact) mass is 554 g/mol. The maximum absolute atomic E-state index is 14.6. The molecular formula is C29H32BrFN2O3. The van der Waals surface area contributed by atoms with Gasteiger partial charge in [-0.15, -0.1) is 0 Å². The molecule has 3 aromatic carbocycles. The van der Waals surface area contributed by atoms with Gasteiger partial charge in [0.05, 0.1) is 4.47 Å². The van der Waals surface area contributed by atoms with E-state index in [4.69, 9.17) is 4.74 Å². The molecule has 1 unspecified atom stereocenters. The molecule has 0 aliphatic heterocycles. The molecular weight excluding hydrogens is 523 g/mol. The van der Waals surface area contributed by atoms with Crippen LogP contribution < -0.4 is 10.1 Å². The van der Waals surface area contributed by atoms with Crippen molar-refractivity contribution in [1.82, 2.24) is 10.2 Å². The Kier molecular flexibility index (Phi) is 10.1. The lowest BCUT2D eigenvalue weighted by molar-refractivity contribution is -0.142. The smallest absolute Gasteiger partial charge is 0.261 e. The number of amides is 2. The first-order valence-corrected chi connectivity index (χ1v) is 12.9. The van der Waals surface area contributed by atoms with Crippen LogP contribution in [0.4, 0.5) is 4.39 Å². The van der Waals surface area contributed by atoms with Gasteiger partial charge in [-0.1, -0.05) is 68.4 Å². The third kappa shape index (κ3) is 7.40. The molecule has 0 saturated carbocycles. The molecule has 0 saturated heterocycles. The van der Waals surface area contributed by atoms with Crippen LogP contribution in [-0.4, -0.2) is 35.9 Å². The summed E-state index contributed by atoms with van der Waals surface area (Å²) in [5.41, 5.74) is 2.37. The second-order valence-corrected chi connectivity index (χ2v) is 9.70. The Labute approximate surface area is 220 Å². The van der Waals surface area contributed by atoms with Crippen LogP contribution in [0.25, 0.3) is 0 Å². The van der Waals surface area contributed by atoms with Crippen molar-refractivity contribution in [2.45, 2.75) is 45.7 Å². The Hall–Kier alpha value is -3.19. The molecule has 0 heterocycles. The van der Waals surface area contributed by atoms with Gasteiger partial charge < -0.3 is 15.0 Å². The van der Waals surface area contributed by atoms with E-state index in [-0.39, 0.29) is 19.1 Å². The van der Waals surface area contributed by atoms with Crippen LogP contribution >= 0.6 is 15.9 Å². The zero-order valence-corrected chi connectivity index (χ0v) is 22.4. The van der Waals surface area contributed by atoms with Crippen molar-refractivity contribution in [3.05, 3.63) is 99.8 Å². The predicted octanol–water partition coefficient (Wildman–Crippen LogP) is 5.87. The van der Waals surface area contributed by atoms with Crippen LogP contribution in [0.1, 0.15) is 43.4 Å². The van der Waals surface area contributed by atoms with E-state index in [0.29, 0.717) is 30.2 Å². The van der Waals surface area contributed by atoms with E-state index in [1.165, 1.54) is 11.0 Å². The summed E-state index contributed by atoms with van der Waals surface area (Å²) in [4.78, 5) is 28.1. The second kappa shape index (κ2) is 13.2. The SMILES string of the molecule is CCNC(=O)C(Cc1ccccc1)N(Cc1ccccc1F)C(=O)COc1ccc(C(C)C)cc1Br. The number of nitrogens with zero attached hydrogens (tertiary/aromatic N) is 1. The van der Waals surface area contributed by atoms with Crippen molar-refractivity contribution in [2.75, 3.05) is 13.2 Å². The van der Waals surface area contributed by atoms with Crippen LogP contribution in [0.3, 0.4) is 0 Å². The number of carbonyl (C=O) groups is 2. The Balaban J connectivity index is 1.89. The van der Waals surface area contributed by atoms with Crippen molar-refractivity contribution >= 4 is 27.7 Å². The number of hydrogen-bond acceptors (Lipinski definition) is 3. The number of benzene rings is 3. The van der Waals surface area contributed by atoms with Crippen LogP contribution in [0.5, 0.6) is 5.75 Å². The Morgan fingerprint density at radius 3 is 2.36 bits per heavy atom.